The van der Waals surface area contributed by atoms with Crippen molar-refractivity contribution in [2.45, 2.75) is 11.8 Å². The summed E-state index contributed by atoms with van der Waals surface area (Å²) in [5.74, 6) is 1.03. The highest BCUT2D eigenvalue weighted by Gasteiger charge is 2.30. The number of carbonyl (C=O) groups is 1. The van der Waals surface area contributed by atoms with E-state index in [0.29, 0.717) is 28.5 Å². The monoisotopic (exact) mass is 591 g/mol. The van der Waals surface area contributed by atoms with Crippen LogP contribution in [0.4, 0.5) is 5.69 Å². The van der Waals surface area contributed by atoms with Crippen molar-refractivity contribution in [2.24, 2.45) is 5.10 Å². The van der Waals surface area contributed by atoms with Crippen molar-refractivity contribution in [1.82, 2.24) is 5.43 Å². The van der Waals surface area contributed by atoms with Gasteiger partial charge in [0.05, 0.1) is 51.8 Å². The number of nitrogens with zero attached hydrogens (tertiary/aromatic N) is 2. The van der Waals surface area contributed by atoms with Gasteiger partial charge >= 0.3 is 0 Å². The van der Waals surface area contributed by atoms with Crippen molar-refractivity contribution >= 4 is 38.9 Å². The number of anilines is 1. The predicted octanol–water partition coefficient (Wildman–Crippen LogP) is 4.12. The quantitative estimate of drug-likeness (QED) is 0.246. The lowest BCUT2D eigenvalue weighted by atomic mass is 10.1. The first kappa shape index (κ1) is 30.4. The predicted molar refractivity (Wildman–Crippen MR) is 152 cm³/mol. The molecular weight excluding hydrogens is 562 g/mol. The van der Waals surface area contributed by atoms with E-state index in [0.717, 1.165) is 4.31 Å². The van der Waals surface area contributed by atoms with Gasteiger partial charge in [-0.05, 0) is 55.5 Å². The molecule has 0 spiro atoms. The third-order valence-corrected chi connectivity index (χ3v) is 7.78. The second-order valence-corrected chi connectivity index (χ2v) is 10.4. The number of hydrazone groups is 1. The van der Waals surface area contributed by atoms with Gasteiger partial charge in [-0.2, -0.15) is 5.10 Å². The van der Waals surface area contributed by atoms with Crippen molar-refractivity contribution in [3.05, 3.63) is 65.2 Å². The fraction of sp³-hybridized carbons (Fsp3) is 0.259. The lowest BCUT2D eigenvalue weighted by molar-refractivity contribution is -0.119. The fourth-order valence-corrected chi connectivity index (χ4v) is 5.31. The average Bonchev–Trinajstić information content (AvgIpc) is 2.97. The number of rotatable bonds is 12. The Labute approximate surface area is 238 Å². The van der Waals surface area contributed by atoms with Crippen LogP contribution >= 0.6 is 11.6 Å². The summed E-state index contributed by atoms with van der Waals surface area (Å²) in [5, 5.41) is 4.38. The van der Waals surface area contributed by atoms with Crippen molar-refractivity contribution in [3.8, 4) is 28.7 Å². The summed E-state index contributed by atoms with van der Waals surface area (Å²) >= 11 is 6.20. The Kier molecular flexibility index (Phi) is 10.1. The molecule has 0 saturated heterocycles. The number of ether oxygens (including phenoxy) is 5. The van der Waals surface area contributed by atoms with Crippen molar-refractivity contribution in [3.63, 3.8) is 0 Å². The number of carbonyl (C=O) groups excluding carboxylic acids is 1. The maximum absolute atomic E-state index is 13.9. The van der Waals surface area contributed by atoms with Gasteiger partial charge in [-0.25, -0.2) is 13.8 Å². The van der Waals surface area contributed by atoms with Gasteiger partial charge in [0, 0.05) is 16.7 Å². The highest BCUT2D eigenvalue weighted by molar-refractivity contribution is 7.92. The van der Waals surface area contributed by atoms with Gasteiger partial charge in [-0.3, -0.25) is 9.10 Å². The zero-order valence-corrected chi connectivity index (χ0v) is 24.4. The molecule has 1 amide bonds. The van der Waals surface area contributed by atoms with E-state index < -0.39 is 22.5 Å². The summed E-state index contributed by atoms with van der Waals surface area (Å²) in [6.45, 7) is 1.04. The standard InChI is InChI=1S/C27H30ClN3O8S/c1-17(18-7-10-23(36-3)25(13-18)38-5)29-30-27(32)16-31(21-14-19(28)8-11-22(21)35-2)40(33,34)20-9-12-24(37-4)26(15-20)39-6/h7-15H,16H2,1-6H3,(H,30,32)/b29-17-. The van der Waals surface area contributed by atoms with Gasteiger partial charge in [0.2, 0.25) is 0 Å². The number of amides is 1. The Morgan fingerprint density at radius 3 is 1.95 bits per heavy atom. The molecule has 1 N–H and O–H groups in total. The summed E-state index contributed by atoms with van der Waals surface area (Å²) in [6, 6.07) is 13.7. The third kappa shape index (κ3) is 6.69. The van der Waals surface area contributed by atoms with Gasteiger partial charge in [0.25, 0.3) is 15.9 Å². The molecule has 3 aromatic carbocycles. The minimum atomic E-state index is -4.34. The van der Waals surface area contributed by atoms with Crippen LogP contribution in [0.5, 0.6) is 28.7 Å². The molecule has 0 fully saturated rings. The molecule has 0 radical (unpaired) electrons. The van der Waals surface area contributed by atoms with E-state index in [9.17, 15) is 13.2 Å². The van der Waals surface area contributed by atoms with E-state index >= 15 is 0 Å². The van der Waals surface area contributed by atoms with Gasteiger partial charge in [0.1, 0.15) is 12.3 Å². The summed E-state index contributed by atoms with van der Waals surface area (Å²) in [7, 11) is 2.89. The Hall–Kier alpha value is -4.16. The van der Waals surface area contributed by atoms with E-state index in [-0.39, 0.29) is 27.1 Å². The molecule has 3 rings (SSSR count). The Morgan fingerprint density at radius 2 is 1.35 bits per heavy atom. The van der Waals surface area contributed by atoms with Crippen LogP contribution in [0, 0.1) is 0 Å². The Bertz CT molecular complexity index is 1510. The zero-order chi connectivity index (χ0) is 29.4. The minimum absolute atomic E-state index is 0.0560. The van der Waals surface area contributed by atoms with Crippen molar-refractivity contribution < 1.29 is 36.9 Å². The minimum Gasteiger partial charge on any atom is -0.495 e. The first-order chi connectivity index (χ1) is 19.1. The molecular formula is C27H30ClN3O8S. The maximum Gasteiger partial charge on any atom is 0.265 e. The molecule has 0 atom stereocenters. The lowest BCUT2D eigenvalue weighted by Crippen LogP contribution is -2.40. The van der Waals surface area contributed by atoms with Crippen LogP contribution in [0.15, 0.2) is 64.6 Å². The Balaban J connectivity index is 1.99. The largest absolute Gasteiger partial charge is 0.495 e. The van der Waals surface area contributed by atoms with Crippen molar-refractivity contribution in [2.75, 3.05) is 46.4 Å². The van der Waals surface area contributed by atoms with E-state index in [2.05, 4.69) is 10.5 Å². The molecule has 13 heteroatoms. The van der Waals surface area contributed by atoms with Crippen LogP contribution in [0.2, 0.25) is 5.02 Å². The number of nitrogens with one attached hydrogen (secondary N) is 1. The smallest absolute Gasteiger partial charge is 0.265 e. The van der Waals surface area contributed by atoms with Crippen LogP contribution in [0.25, 0.3) is 0 Å². The van der Waals surface area contributed by atoms with E-state index in [1.54, 1.807) is 31.2 Å². The van der Waals surface area contributed by atoms with Crippen LogP contribution in [0.1, 0.15) is 12.5 Å². The first-order valence-electron chi connectivity index (χ1n) is 11.7. The number of hydrogen-bond acceptors (Lipinski definition) is 9. The van der Waals surface area contributed by atoms with Crippen LogP contribution in [0.3, 0.4) is 0 Å². The number of sulfonamides is 1. The number of methoxy groups -OCH3 is 5. The van der Waals surface area contributed by atoms with Crippen LogP contribution in [-0.4, -0.2) is 62.1 Å². The number of halogens is 1. The molecule has 0 saturated carbocycles. The van der Waals surface area contributed by atoms with Gasteiger partial charge in [-0.15, -0.1) is 0 Å². The number of benzene rings is 3. The zero-order valence-electron chi connectivity index (χ0n) is 22.8. The molecule has 0 heterocycles. The highest BCUT2D eigenvalue weighted by Crippen LogP contribution is 2.37. The second kappa shape index (κ2) is 13.3. The van der Waals surface area contributed by atoms with Crippen molar-refractivity contribution in [1.29, 1.82) is 0 Å². The summed E-state index contributed by atoms with van der Waals surface area (Å²) in [5.41, 5.74) is 3.58. The molecule has 40 heavy (non-hydrogen) atoms. The summed E-state index contributed by atoms with van der Waals surface area (Å²) < 4.78 is 55.1. The second-order valence-electron chi connectivity index (χ2n) is 8.15. The molecule has 3 aromatic rings. The molecule has 11 nitrogen and oxygen atoms in total. The van der Waals surface area contributed by atoms with Gasteiger partial charge < -0.3 is 23.7 Å². The van der Waals surface area contributed by atoms with Gasteiger partial charge in [-0.1, -0.05) is 11.6 Å². The molecule has 0 bridgehead atoms. The van der Waals surface area contributed by atoms with Gasteiger partial charge in [0.15, 0.2) is 23.0 Å². The first-order valence-corrected chi connectivity index (χ1v) is 13.5. The lowest BCUT2D eigenvalue weighted by Gasteiger charge is -2.26. The molecule has 0 aromatic heterocycles. The fourth-order valence-electron chi connectivity index (χ4n) is 3.70. The third-order valence-electron chi connectivity index (χ3n) is 5.79. The maximum atomic E-state index is 13.9. The molecule has 0 unspecified atom stereocenters. The SMILES string of the molecule is COc1ccc(/C(C)=N\NC(=O)CN(c2cc(Cl)ccc2OC)S(=O)(=O)c2ccc(OC)c(OC)c2)cc1OC. The van der Waals surface area contributed by atoms with Crippen LogP contribution < -0.4 is 33.4 Å². The molecule has 0 aliphatic heterocycles. The molecule has 0 aliphatic carbocycles. The van der Waals surface area contributed by atoms with Crippen LogP contribution in [-0.2, 0) is 14.8 Å². The molecule has 214 valence electrons. The summed E-state index contributed by atoms with van der Waals surface area (Å²) in [4.78, 5) is 12.9. The Morgan fingerprint density at radius 1 is 0.800 bits per heavy atom. The van der Waals surface area contributed by atoms with E-state index in [1.165, 1.54) is 65.9 Å². The average molecular weight is 592 g/mol. The normalized spacial score (nSPS) is 11.4. The van der Waals surface area contributed by atoms with E-state index in [1.807, 2.05) is 0 Å². The highest BCUT2D eigenvalue weighted by atomic mass is 35.5. The van der Waals surface area contributed by atoms with E-state index in [4.69, 9.17) is 35.3 Å². The number of hydrogen-bond donors (Lipinski definition) is 1. The topological polar surface area (TPSA) is 125 Å². The summed E-state index contributed by atoms with van der Waals surface area (Å²) in [6.07, 6.45) is 0. The molecule has 0 aliphatic rings.